The van der Waals surface area contributed by atoms with E-state index >= 15 is 0 Å². The number of halogens is 1. The largest absolute Gasteiger partial charge is 0.497 e. The summed E-state index contributed by atoms with van der Waals surface area (Å²) in [5, 5.41) is 18.6. The number of guanidine groups is 1. The molecule has 0 radical (unpaired) electrons. The number of carbonyl (C=O) groups is 1. The van der Waals surface area contributed by atoms with Crippen molar-refractivity contribution < 1.29 is 19.4 Å². The molecule has 8 nitrogen and oxygen atoms in total. The van der Waals surface area contributed by atoms with E-state index in [2.05, 4.69) is 20.9 Å². The SMILES string of the molecule is CN=C(NCCNC(=O)c1cccc(OC)c1)NCC1(CCO)CCOC1.I. The van der Waals surface area contributed by atoms with Crippen LogP contribution in [0.1, 0.15) is 23.2 Å². The minimum absolute atomic E-state index is 0. The van der Waals surface area contributed by atoms with E-state index in [1.54, 1.807) is 38.4 Å². The van der Waals surface area contributed by atoms with Crippen LogP contribution in [0.2, 0.25) is 0 Å². The highest BCUT2D eigenvalue weighted by molar-refractivity contribution is 14.0. The number of hydrogen-bond acceptors (Lipinski definition) is 5. The van der Waals surface area contributed by atoms with Gasteiger partial charge in [-0.05, 0) is 31.0 Å². The first kappa shape index (κ1) is 24.4. The second-order valence-electron chi connectivity index (χ2n) is 6.62. The third-order valence-corrected chi connectivity index (χ3v) is 4.72. The molecule has 0 bridgehead atoms. The van der Waals surface area contributed by atoms with Gasteiger partial charge in [0.2, 0.25) is 0 Å². The Morgan fingerprint density at radius 2 is 2.11 bits per heavy atom. The maximum atomic E-state index is 12.2. The molecule has 158 valence electrons. The smallest absolute Gasteiger partial charge is 0.251 e. The maximum absolute atomic E-state index is 12.2. The molecule has 0 aromatic heterocycles. The van der Waals surface area contributed by atoms with E-state index in [1.807, 2.05) is 0 Å². The van der Waals surface area contributed by atoms with Crippen molar-refractivity contribution in [2.75, 3.05) is 53.6 Å². The van der Waals surface area contributed by atoms with Gasteiger partial charge in [0.25, 0.3) is 5.91 Å². The van der Waals surface area contributed by atoms with Gasteiger partial charge in [-0.25, -0.2) is 0 Å². The quantitative estimate of drug-likeness (QED) is 0.173. The summed E-state index contributed by atoms with van der Waals surface area (Å²) in [6.07, 6.45) is 1.63. The number of benzene rings is 1. The Morgan fingerprint density at radius 1 is 1.32 bits per heavy atom. The van der Waals surface area contributed by atoms with Gasteiger partial charge in [0.05, 0.1) is 13.7 Å². The summed E-state index contributed by atoms with van der Waals surface area (Å²) in [6, 6.07) is 7.03. The third-order valence-electron chi connectivity index (χ3n) is 4.72. The molecule has 2 rings (SSSR count). The van der Waals surface area contributed by atoms with Crippen LogP contribution in [0.25, 0.3) is 0 Å². The molecule has 1 aliphatic heterocycles. The van der Waals surface area contributed by atoms with E-state index in [1.165, 1.54) is 0 Å². The average molecular weight is 506 g/mol. The number of carbonyl (C=O) groups excluding carboxylic acids is 1. The van der Waals surface area contributed by atoms with Crippen LogP contribution in [-0.4, -0.2) is 70.6 Å². The number of rotatable bonds is 9. The number of amides is 1. The van der Waals surface area contributed by atoms with Crippen molar-refractivity contribution in [2.45, 2.75) is 12.8 Å². The van der Waals surface area contributed by atoms with Crippen molar-refractivity contribution in [1.82, 2.24) is 16.0 Å². The van der Waals surface area contributed by atoms with Crippen LogP contribution >= 0.6 is 24.0 Å². The lowest BCUT2D eigenvalue weighted by Gasteiger charge is -2.27. The number of ether oxygens (including phenoxy) is 2. The molecule has 1 heterocycles. The Labute approximate surface area is 183 Å². The van der Waals surface area contributed by atoms with Crippen molar-refractivity contribution in [3.8, 4) is 5.75 Å². The highest BCUT2D eigenvalue weighted by Gasteiger charge is 2.34. The van der Waals surface area contributed by atoms with Crippen LogP contribution in [0.4, 0.5) is 0 Å². The standard InChI is InChI=1S/C19H30N4O4.HI/c1-20-18(23-13-19(6-10-24)7-11-27-14-19)22-9-8-21-17(25)15-4-3-5-16(12-15)26-2;/h3-5,12,24H,6-11,13-14H2,1-2H3,(H,21,25)(H2,20,22,23);1H. The van der Waals surface area contributed by atoms with Crippen LogP contribution < -0.4 is 20.7 Å². The van der Waals surface area contributed by atoms with Gasteiger partial charge in [-0.15, -0.1) is 24.0 Å². The first-order chi connectivity index (χ1) is 13.1. The van der Waals surface area contributed by atoms with Gasteiger partial charge in [-0.2, -0.15) is 0 Å². The highest BCUT2D eigenvalue weighted by atomic mass is 127. The zero-order chi connectivity index (χ0) is 19.5. The summed E-state index contributed by atoms with van der Waals surface area (Å²) in [4.78, 5) is 16.4. The Hall–Kier alpha value is -1.59. The molecule has 0 saturated carbocycles. The molecule has 1 fully saturated rings. The first-order valence-electron chi connectivity index (χ1n) is 9.18. The fraction of sp³-hybridized carbons (Fsp3) is 0.579. The molecule has 1 amide bonds. The summed E-state index contributed by atoms with van der Waals surface area (Å²) in [5.41, 5.74) is 0.511. The monoisotopic (exact) mass is 506 g/mol. The molecule has 1 aromatic carbocycles. The molecule has 1 aromatic rings. The number of nitrogens with zero attached hydrogens (tertiary/aromatic N) is 1. The number of nitrogens with one attached hydrogen (secondary N) is 3. The lowest BCUT2D eigenvalue weighted by molar-refractivity contribution is 0.0954. The minimum Gasteiger partial charge on any atom is -0.497 e. The van der Waals surface area contributed by atoms with Crippen LogP contribution in [0.3, 0.4) is 0 Å². The van der Waals surface area contributed by atoms with Gasteiger partial charge >= 0.3 is 0 Å². The Balaban J connectivity index is 0.00000392. The molecule has 1 unspecified atom stereocenters. The third kappa shape index (κ3) is 7.44. The van der Waals surface area contributed by atoms with Crippen LogP contribution in [0, 0.1) is 5.41 Å². The van der Waals surface area contributed by atoms with Crippen LogP contribution in [-0.2, 0) is 4.74 Å². The van der Waals surface area contributed by atoms with Crippen molar-refractivity contribution in [3.63, 3.8) is 0 Å². The highest BCUT2D eigenvalue weighted by Crippen LogP contribution is 2.31. The Bertz CT molecular complexity index is 636. The minimum atomic E-state index is -0.149. The molecule has 28 heavy (non-hydrogen) atoms. The summed E-state index contributed by atoms with van der Waals surface area (Å²) in [5.74, 6) is 1.16. The molecule has 1 saturated heterocycles. The molecular formula is C19H31IN4O4. The number of aliphatic hydroxyl groups excluding tert-OH is 1. The lowest BCUT2D eigenvalue weighted by atomic mass is 9.84. The number of methoxy groups -OCH3 is 1. The normalized spacial score (nSPS) is 18.9. The van der Waals surface area contributed by atoms with Crippen LogP contribution in [0.5, 0.6) is 5.75 Å². The van der Waals surface area contributed by atoms with Gasteiger partial charge in [0.15, 0.2) is 5.96 Å². The average Bonchev–Trinajstić information content (AvgIpc) is 3.16. The summed E-state index contributed by atoms with van der Waals surface area (Å²) >= 11 is 0. The molecule has 1 atom stereocenters. The van der Waals surface area contributed by atoms with Crippen LogP contribution in [0.15, 0.2) is 29.3 Å². The summed E-state index contributed by atoms with van der Waals surface area (Å²) in [6.45, 7) is 3.20. The van der Waals surface area contributed by atoms with E-state index in [0.717, 1.165) is 13.0 Å². The predicted octanol–water partition coefficient (Wildman–Crippen LogP) is 0.997. The maximum Gasteiger partial charge on any atom is 0.251 e. The van der Waals surface area contributed by atoms with E-state index in [9.17, 15) is 9.90 Å². The second kappa shape index (κ2) is 12.8. The second-order valence-corrected chi connectivity index (χ2v) is 6.62. The number of aliphatic imine (C=N–C) groups is 1. The number of hydrogen-bond donors (Lipinski definition) is 4. The molecule has 0 spiro atoms. The zero-order valence-corrected chi connectivity index (χ0v) is 18.8. The van der Waals surface area contributed by atoms with Gasteiger partial charge < -0.3 is 30.5 Å². The lowest BCUT2D eigenvalue weighted by Crippen LogP contribution is -2.46. The van der Waals surface area contributed by atoms with Gasteiger partial charge in [-0.3, -0.25) is 9.79 Å². The Morgan fingerprint density at radius 3 is 2.75 bits per heavy atom. The predicted molar refractivity (Wildman–Crippen MR) is 120 cm³/mol. The molecule has 4 N–H and O–H groups in total. The molecule has 0 aliphatic carbocycles. The first-order valence-corrected chi connectivity index (χ1v) is 9.18. The van der Waals surface area contributed by atoms with Gasteiger partial charge in [-0.1, -0.05) is 6.07 Å². The van der Waals surface area contributed by atoms with Crippen molar-refractivity contribution >= 4 is 35.8 Å². The molecular weight excluding hydrogens is 475 g/mol. The van der Waals surface area contributed by atoms with E-state index in [4.69, 9.17) is 9.47 Å². The summed E-state index contributed by atoms with van der Waals surface area (Å²) in [7, 11) is 3.27. The van der Waals surface area contributed by atoms with E-state index in [-0.39, 0.29) is 41.9 Å². The topological polar surface area (TPSA) is 104 Å². The number of aliphatic hydroxyl groups is 1. The molecule has 1 aliphatic rings. The fourth-order valence-electron chi connectivity index (χ4n) is 3.03. The van der Waals surface area contributed by atoms with E-state index in [0.29, 0.717) is 49.9 Å². The fourth-order valence-corrected chi connectivity index (χ4v) is 3.03. The Kier molecular flexibility index (Phi) is 11.2. The van der Waals surface area contributed by atoms with E-state index < -0.39 is 0 Å². The van der Waals surface area contributed by atoms with Crippen molar-refractivity contribution in [2.24, 2.45) is 10.4 Å². The van der Waals surface area contributed by atoms with Crippen molar-refractivity contribution in [3.05, 3.63) is 29.8 Å². The van der Waals surface area contributed by atoms with Gasteiger partial charge in [0, 0.05) is 50.9 Å². The van der Waals surface area contributed by atoms with Gasteiger partial charge in [0.1, 0.15) is 5.75 Å². The summed E-state index contributed by atoms with van der Waals surface area (Å²) < 4.78 is 10.6. The van der Waals surface area contributed by atoms with Crippen molar-refractivity contribution in [1.29, 1.82) is 0 Å². The zero-order valence-electron chi connectivity index (χ0n) is 16.5. The molecule has 9 heteroatoms.